The molecule has 2 N–H and O–H groups in total. The molecule has 0 bridgehead atoms. The number of nitrogens with zero attached hydrogens (tertiary/aromatic N) is 1. The highest BCUT2D eigenvalue weighted by Crippen LogP contribution is 2.27. The topological polar surface area (TPSA) is 115 Å². The number of hydrogen-bond acceptors (Lipinski definition) is 6. The van der Waals surface area contributed by atoms with Crippen molar-refractivity contribution >= 4 is 26.5 Å². The Morgan fingerprint density at radius 2 is 1.78 bits per heavy atom. The monoisotopic (exact) mass is 462 g/mol. The average molecular weight is 462 g/mol. The van der Waals surface area contributed by atoms with Gasteiger partial charge in [-0.05, 0) is 48.7 Å². The Hall–Kier alpha value is -3.24. The highest BCUT2D eigenvalue weighted by Gasteiger charge is 2.43. The zero-order chi connectivity index (χ0) is 23.7. The number of carbonyl (C=O) groups excluding carboxylic acids is 1. The molecule has 0 unspecified atom stereocenters. The van der Waals surface area contributed by atoms with Gasteiger partial charge >= 0.3 is 0 Å². The largest absolute Gasteiger partial charge is 0.497 e. The van der Waals surface area contributed by atoms with Crippen LogP contribution in [0.5, 0.6) is 5.75 Å². The molecule has 0 fully saturated rings. The number of hydrogen-bond donors (Lipinski definition) is 2. The number of pyridine rings is 1. The van der Waals surface area contributed by atoms with E-state index in [0.717, 1.165) is 29.5 Å². The van der Waals surface area contributed by atoms with E-state index in [0.29, 0.717) is 11.3 Å². The normalized spacial score (nSPS) is 13.5. The molecule has 0 saturated heterocycles. The standard InChI is InChI=1S/C22H23FN2O6S/c1-22(21(27)24-28,32(3,29)30)10-11-25-13-19(23)18-12-15(6-9-17(18)20(25)26)14-4-7-16(31-2)8-5-14/h4-9,12-13,28H,10-11H2,1-3H3,(H,24,27)/t22-/m0/s1. The van der Waals surface area contributed by atoms with Gasteiger partial charge in [0.1, 0.15) is 11.6 Å². The molecule has 3 aromatic rings. The molecule has 0 aliphatic rings. The summed E-state index contributed by atoms with van der Waals surface area (Å²) in [6.07, 6.45) is 1.50. The van der Waals surface area contributed by atoms with Gasteiger partial charge in [0, 0.05) is 24.4 Å². The molecular weight excluding hydrogens is 439 g/mol. The fourth-order valence-electron chi connectivity index (χ4n) is 3.40. The Morgan fingerprint density at radius 1 is 1.16 bits per heavy atom. The van der Waals surface area contributed by atoms with E-state index in [-0.39, 0.29) is 23.7 Å². The summed E-state index contributed by atoms with van der Waals surface area (Å²) in [6, 6.07) is 11.9. The number of hydroxylamine groups is 1. The minimum absolute atomic E-state index is 0.120. The summed E-state index contributed by atoms with van der Waals surface area (Å²) in [5, 5.41) is 9.16. The Labute approximate surface area is 184 Å². The van der Waals surface area contributed by atoms with Crippen molar-refractivity contribution in [3.63, 3.8) is 0 Å². The van der Waals surface area contributed by atoms with Crippen molar-refractivity contribution in [1.82, 2.24) is 10.0 Å². The first-order valence-electron chi connectivity index (χ1n) is 9.63. The summed E-state index contributed by atoms with van der Waals surface area (Å²) in [7, 11) is -2.39. The quantitative estimate of drug-likeness (QED) is 0.412. The lowest BCUT2D eigenvalue weighted by atomic mass is 10.0. The number of carbonyl (C=O) groups is 1. The Kier molecular flexibility index (Phi) is 6.38. The molecule has 2 aromatic carbocycles. The van der Waals surface area contributed by atoms with Crippen LogP contribution in [0.25, 0.3) is 21.9 Å². The SMILES string of the molecule is COc1ccc(-c2ccc3c(=O)n(CC[C@@](C)(C(=O)NO)S(C)(=O)=O)cc(F)c3c2)cc1. The first kappa shape index (κ1) is 23.4. The Morgan fingerprint density at radius 3 is 2.34 bits per heavy atom. The van der Waals surface area contributed by atoms with Crippen LogP contribution in [0.3, 0.4) is 0 Å². The maximum atomic E-state index is 14.9. The molecule has 0 radical (unpaired) electrons. The van der Waals surface area contributed by atoms with Crippen LogP contribution in [0, 0.1) is 5.82 Å². The van der Waals surface area contributed by atoms with Crippen LogP contribution in [0.2, 0.25) is 0 Å². The van der Waals surface area contributed by atoms with Crippen LogP contribution in [-0.2, 0) is 21.2 Å². The van der Waals surface area contributed by atoms with Gasteiger partial charge in [-0.2, -0.15) is 0 Å². The number of halogens is 1. The zero-order valence-electron chi connectivity index (χ0n) is 17.8. The number of fused-ring (bicyclic) bond motifs is 1. The third kappa shape index (κ3) is 4.23. The van der Waals surface area contributed by atoms with Crippen LogP contribution < -0.4 is 15.8 Å². The maximum Gasteiger partial charge on any atom is 0.264 e. The lowest BCUT2D eigenvalue weighted by molar-refractivity contribution is -0.131. The number of amides is 1. The zero-order valence-corrected chi connectivity index (χ0v) is 18.6. The molecule has 10 heteroatoms. The third-order valence-electron chi connectivity index (χ3n) is 5.69. The molecule has 1 atom stereocenters. The van der Waals surface area contributed by atoms with Gasteiger partial charge in [0.2, 0.25) is 0 Å². The minimum Gasteiger partial charge on any atom is -0.497 e. The van der Waals surface area contributed by atoms with E-state index in [1.165, 1.54) is 11.5 Å². The molecule has 1 aromatic heterocycles. The van der Waals surface area contributed by atoms with Crippen molar-refractivity contribution in [2.75, 3.05) is 13.4 Å². The van der Waals surface area contributed by atoms with Crippen molar-refractivity contribution < 1.29 is 27.5 Å². The third-order valence-corrected chi connectivity index (χ3v) is 7.72. The Bertz CT molecular complexity index is 1340. The summed E-state index contributed by atoms with van der Waals surface area (Å²) < 4.78 is 43.3. The molecular formula is C22H23FN2O6S. The minimum atomic E-state index is -3.94. The van der Waals surface area contributed by atoms with Crippen LogP contribution in [0.1, 0.15) is 13.3 Å². The van der Waals surface area contributed by atoms with Crippen LogP contribution in [-0.4, -0.2) is 42.2 Å². The van der Waals surface area contributed by atoms with E-state index in [1.807, 2.05) is 12.1 Å². The lowest BCUT2D eigenvalue weighted by Crippen LogP contribution is -2.50. The number of methoxy groups -OCH3 is 1. The van der Waals surface area contributed by atoms with Crippen molar-refractivity contribution in [2.45, 2.75) is 24.6 Å². The molecule has 0 aliphatic heterocycles. The van der Waals surface area contributed by atoms with E-state index in [9.17, 15) is 22.4 Å². The second kappa shape index (κ2) is 8.71. The first-order chi connectivity index (χ1) is 15.0. The van der Waals surface area contributed by atoms with E-state index in [1.54, 1.807) is 31.4 Å². The van der Waals surface area contributed by atoms with E-state index < -0.39 is 31.9 Å². The number of ether oxygens (including phenoxy) is 1. The molecule has 3 rings (SSSR count). The van der Waals surface area contributed by atoms with Crippen LogP contribution >= 0.6 is 0 Å². The highest BCUT2D eigenvalue weighted by atomic mass is 32.2. The second-order valence-corrected chi connectivity index (χ2v) is 10.1. The van der Waals surface area contributed by atoms with Crippen molar-refractivity contribution in [1.29, 1.82) is 0 Å². The summed E-state index contributed by atoms with van der Waals surface area (Å²) >= 11 is 0. The number of aromatic nitrogens is 1. The smallest absolute Gasteiger partial charge is 0.264 e. The van der Waals surface area contributed by atoms with Gasteiger partial charge in [0.05, 0.1) is 12.5 Å². The highest BCUT2D eigenvalue weighted by molar-refractivity contribution is 7.92. The number of sulfone groups is 1. The van der Waals surface area contributed by atoms with E-state index in [2.05, 4.69) is 0 Å². The summed E-state index contributed by atoms with van der Waals surface area (Å²) in [5.41, 5.74) is 2.34. The van der Waals surface area contributed by atoms with Gasteiger partial charge in [-0.25, -0.2) is 18.3 Å². The summed E-state index contributed by atoms with van der Waals surface area (Å²) in [6.45, 7) is 0.889. The number of aryl methyl sites for hydroxylation is 1. The van der Waals surface area contributed by atoms with Gasteiger partial charge in [0.15, 0.2) is 14.6 Å². The number of benzene rings is 2. The van der Waals surface area contributed by atoms with Gasteiger partial charge in [-0.3, -0.25) is 14.8 Å². The van der Waals surface area contributed by atoms with Gasteiger partial charge in [0.25, 0.3) is 11.5 Å². The number of nitrogens with one attached hydrogen (secondary N) is 1. The second-order valence-electron chi connectivity index (χ2n) is 7.66. The van der Waals surface area contributed by atoms with Gasteiger partial charge in [-0.15, -0.1) is 0 Å². The van der Waals surface area contributed by atoms with Crippen molar-refractivity contribution in [2.24, 2.45) is 0 Å². The van der Waals surface area contributed by atoms with Crippen molar-refractivity contribution in [3.8, 4) is 16.9 Å². The summed E-state index contributed by atoms with van der Waals surface area (Å²) in [4.78, 5) is 24.9. The molecule has 0 spiro atoms. The molecule has 0 aliphatic carbocycles. The fraction of sp³-hybridized carbons (Fsp3) is 0.273. The fourth-order valence-corrected chi connectivity index (χ4v) is 4.24. The number of rotatable bonds is 7. The molecule has 170 valence electrons. The molecule has 32 heavy (non-hydrogen) atoms. The van der Waals surface area contributed by atoms with Crippen molar-refractivity contribution in [3.05, 3.63) is 64.8 Å². The predicted molar refractivity (Wildman–Crippen MR) is 118 cm³/mol. The first-order valence-corrected chi connectivity index (χ1v) is 11.5. The average Bonchev–Trinajstić information content (AvgIpc) is 2.78. The predicted octanol–water partition coefficient (Wildman–Crippen LogP) is 2.52. The van der Waals surface area contributed by atoms with Gasteiger partial charge < -0.3 is 9.30 Å². The summed E-state index contributed by atoms with van der Waals surface area (Å²) in [5.74, 6) is -1.11. The van der Waals surface area contributed by atoms with E-state index in [4.69, 9.17) is 9.94 Å². The van der Waals surface area contributed by atoms with Gasteiger partial charge in [-0.1, -0.05) is 18.2 Å². The van der Waals surface area contributed by atoms with Crippen LogP contribution in [0.15, 0.2) is 53.5 Å². The maximum absolute atomic E-state index is 14.9. The molecule has 8 nitrogen and oxygen atoms in total. The molecule has 1 amide bonds. The van der Waals surface area contributed by atoms with E-state index >= 15 is 0 Å². The molecule has 0 saturated carbocycles. The lowest BCUT2D eigenvalue weighted by Gasteiger charge is -2.25. The molecule has 1 heterocycles. The van der Waals surface area contributed by atoms with Crippen LogP contribution in [0.4, 0.5) is 4.39 Å². The Balaban J connectivity index is 1.99.